The number of rotatable bonds is 0. The predicted octanol–water partition coefficient (Wildman–Crippen LogP) is 2.37. The minimum Gasteiger partial charge on any atom is -0.378 e. The van der Waals surface area contributed by atoms with Gasteiger partial charge in [-0.05, 0) is 11.8 Å². The molecular weight excluding hydrogens is 176 g/mol. The van der Waals surface area contributed by atoms with Crippen LogP contribution in [0.25, 0.3) is 0 Å². The summed E-state index contributed by atoms with van der Waals surface area (Å²) in [4.78, 5) is 0. The van der Waals surface area contributed by atoms with Gasteiger partial charge >= 0.3 is 0 Å². The molecule has 2 nitrogen and oxygen atoms in total. The Labute approximate surface area is 86.0 Å². The maximum absolute atomic E-state index is 6.30. The van der Waals surface area contributed by atoms with Crippen LogP contribution in [0.3, 0.4) is 0 Å². The van der Waals surface area contributed by atoms with Gasteiger partial charge in [-0.3, -0.25) is 0 Å². The lowest BCUT2D eigenvalue weighted by atomic mass is 9.71. The van der Waals surface area contributed by atoms with Gasteiger partial charge in [-0.2, -0.15) is 0 Å². The van der Waals surface area contributed by atoms with Crippen LogP contribution >= 0.6 is 0 Å². The number of hydrogen-bond donors (Lipinski definition) is 0. The van der Waals surface area contributed by atoms with E-state index >= 15 is 0 Å². The van der Waals surface area contributed by atoms with Gasteiger partial charge < -0.3 is 9.47 Å². The molecule has 3 fully saturated rings. The van der Waals surface area contributed by atoms with Gasteiger partial charge in [0.2, 0.25) is 0 Å². The number of fused-ring (bicyclic) bond motifs is 2. The minimum atomic E-state index is 0.113. The van der Waals surface area contributed by atoms with Gasteiger partial charge in [-0.15, -0.1) is 0 Å². The molecule has 14 heavy (non-hydrogen) atoms. The summed E-state index contributed by atoms with van der Waals surface area (Å²) in [7, 11) is 0. The summed E-state index contributed by atoms with van der Waals surface area (Å²) in [6, 6.07) is 0. The monoisotopic (exact) mass is 196 g/mol. The Kier molecular flexibility index (Phi) is 1.66. The van der Waals surface area contributed by atoms with E-state index in [1.54, 1.807) is 0 Å². The van der Waals surface area contributed by atoms with Gasteiger partial charge in [0.1, 0.15) is 0 Å². The maximum atomic E-state index is 6.30. The highest BCUT2D eigenvalue weighted by molar-refractivity contribution is 5.08. The van der Waals surface area contributed by atoms with Gasteiger partial charge in [0.25, 0.3) is 0 Å². The topological polar surface area (TPSA) is 18.5 Å². The molecule has 80 valence electrons. The Bertz CT molecular complexity index is 252. The van der Waals surface area contributed by atoms with Crippen molar-refractivity contribution in [1.82, 2.24) is 0 Å². The van der Waals surface area contributed by atoms with Gasteiger partial charge in [0, 0.05) is 18.8 Å². The van der Waals surface area contributed by atoms with Crippen LogP contribution < -0.4 is 0 Å². The lowest BCUT2D eigenvalue weighted by molar-refractivity contribution is -0.196. The van der Waals surface area contributed by atoms with E-state index in [1.807, 2.05) is 0 Å². The number of ether oxygens (including phenoxy) is 2. The molecule has 2 heteroatoms. The Morgan fingerprint density at radius 3 is 2.71 bits per heavy atom. The third-order valence-electron chi connectivity index (χ3n) is 4.46. The zero-order valence-electron chi connectivity index (χ0n) is 9.38. The van der Waals surface area contributed by atoms with Gasteiger partial charge in [0.05, 0.1) is 24.4 Å². The van der Waals surface area contributed by atoms with Crippen LogP contribution in [0.15, 0.2) is 0 Å². The highest BCUT2D eigenvalue weighted by Crippen LogP contribution is 2.55. The summed E-state index contributed by atoms with van der Waals surface area (Å²) in [6.07, 6.45) is 4.46. The quantitative estimate of drug-likeness (QED) is 0.592. The van der Waals surface area contributed by atoms with E-state index in [9.17, 15) is 0 Å². The molecule has 0 amide bonds. The molecule has 3 saturated heterocycles. The highest BCUT2D eigenvalue weighted by Gasteiger charge is 2.59. The van der Waals surface area contributed by atoms with E-state index in [1.165, 1.54) is 6.42 Å². The fourth-order valence-electron chi connectivity index (χ4n) is 3.41. The molecule has 0 aromatic heterocycles. The van der Waals surface area contributed by atoms with Crippen LogP contribution in [0, 0.1) is 11.3 Å². The van der Waals surface area contributed by atoms with Crippen LogP contribution in [0.5, 0.6) is 0 Å². The second-order valence-electron chi connectivity index (χ2n) is 6.26. The third-order valence-corrected chi connectivity index (χ3v) is 4.46. The van der Waals surface area contributed by atoms with Crippen LogP contribution in [0.4, 0.5) is 0 Å². The Morgan fingerprint density at radius 2 is 2.00 bits per heavy atom. The molecule has 0 N–H and O–H groups in total. The molecule has 3 bridgehead atoms. The van der Waals surface area contributed by atoms with E-state index < -0.39 is 0 Å². The molecule has 3 rings (SSSR count). The second-order valence-corrected chi connectivity index (χ2v) is 6.26. The Morgan fingerprint density at radius 1 is 1.21 bits per heavy atom. The van der Waals surface area contributed by atoms with Crippen molar-refractivity contribution < 1.29 is 9.47 Å². The van der Waals surface area contributed by atoms with Crippen LogP contribution in [-0.4, -0.2) is 24.4 Å². The fourth-order valence-corrected chi connectivity index (χ4v) is 3.41. The zero-order valence-corrected chi connectivity index (χ0v) is 9.38. The van der Waals surface area contributed by atoms with E-state index in [0.717, 1.165) is 19.4 Å². The average molecular weight is 196 g/mol. The molecule has 3 aliphatic rings. The summed E-state index contributed by atoms with van der Waals surface area (Å²) in [6.45, 7) is 7.85. The van der Waals surface area contributed by atoms with Crippen molar-refractivity contribution in [3.8, 4) is 0 Å². The van der Waals surface area contributed by atoms with Crippen molar-refractivity contribution in [1.29, 1.82) is 0 Å². The molecule has 0 saturated carbocycles. The smallest absolute Gasteiger partial charge is 0.0763 e. The normalized spacial score (nSPS) is 51.2. The second kappa shape index (κ2) is 2.53. The summed E-state index contributed by atoms with van der Waals surface area (Å²) < 4.78 is 12.1. The number of hydrogen-bond acceptors (Lipinski definition) is 2. The molecule has 0 aromatic carbocycles. The first-order chi connectivity index (χ1) is 6.50. The van der Waals surface area contributed by atoms with Crippen LogP contribution in [-0.2, 0) is 9.47 Å². The average Bonchev–Trinajstić information content (AvgIpc) is 2.24. The first-order valence-electron chi connectivity index (χ1n) is 5.80. The molecule has 4 atom stereocenters. The molecule has 3 aliphatic heterocycles. The lowest BCUT2D eigenvalue weighted by Gasteiger charge is -2.46. The van der Waals surface area contributed by atoms with Gasteiger partial charge in [-0.1, -0.05) is 20.8 Å². The molecule has 0 spiro atoms. The van der Waals surface area contributed by atoms with Crippen LogP contribution in [0.1, 0.15) is 40.0 Å². The van der Waals surface area contributed by atoms with Gasteiger partial charge in [-0.25, -0.2) is 0 Å². The SMILES string of the molecule is CC(C)(C)C12CC3CC(O1)C(CO3)C2. The maximum Gasteiger partial charge on any atom is 0.0763 e. The van der Waals surface area contributed by atoms with Gasteiger partial charge in [0.15, 0.2) is 0 Å². The first-order valence-corrected chi connectivity index (χ1v) is 5.80. The van der Waals surface area contributed by atoms with Crippen molar-refractivity contribution in [2.24, 2.45) is 11.3 Å². The van der Waals surface area contributed by atoms with Crippen molar-refractivity contribution in [3.05, 3.63) is 0 Å². The van der Waals surface area contributed by atoms with E-state index in [-0.39, 0.29) is 11.0 Å². The van der Waals surface area contributed by atoms with Crippen molar-refractivity contribution in [2.75, 3.05) is 6.61 Å². The standard InChI is InChI=1S/C12H20O2/c1-11(2,3)12-5-8-7-13-9(6-12)4-10(8)14-12/h8-10H,4-7H2,1-3H3. The van der Waals surface area contributed by atoms with E-state index in [0.29, 0.717) is 18.1 Å². The molecule has 0 aromatic rings. The molecular formula is C12H20O2. The van der Waals surface area contributed by atoms with E-state index in [4.69, 9.17) is 9.47 Å². The molecule has 0 radical (unpaired) electrons. The van der Waals surface area contributed by atoms with Crippen LogP contribution in [0.2, 0.25) is 0 Å². The minimum absolute atomic E-state index is 0.113. The largest absolute Gasteiger partial charge is 0.378 e. The predicted molar refractivity (Wildman–Crippen MR) is 54.1 cm³/mol. The molecule has 4 unspecified atom stereocenters. The zero-order chi connectivity index (χ0) is 9.97. The highest BCUT2D eigenvalue weighted by atomic mass is 16.5. The molecule has 0 aliphatic carbocycles. The van der Waals surface area contributed by atoms with Crippen molar-refractivity contribution >= 4 is 0 Å². The Hall–Kier alpha value is -0.0800. The summed E-state index contributed by atoms with van der Waals surface area (Å²) in [5.41, 5.74) is 0.369. The third kappa shape index (κ3) is 1.04. The fraction of sp³-hybridized carbons (Fsp3) is 1.00. The first kappa shape index (κ1) is 9.17. The lowest BCUT2D eigenvalue weighted by Crippen LogP contribution is -2.50. The summed E-state index contributed by atoms with van der Waals surface area (Å²) in [5.74, 6) is 0.674. The van der Waals surface area contributed by atoms with Crippen molar-refractivity contribution in [2.45, 2.75) is 57.8 Å². The Balaban J connectivity index is 1.97. The summed E-state index contributed by atoms with van der Waals surface area (Å²) >= 11 is 0. The van der Waals surface area contributed by atoms with E-state index in [2.05, 4.69) is 20.8 Å². The molecule has 3 heterocycles. The summed E-state index contributed by atoms with van der Waals surface area (Å²) in [5, 5.41) is 0. The van der Waals surface area contributed by atoms with Crippen molar-refractivity contribution in [3.63, 3.8) is 0 Å².